The summed E-state index contributed by atoms with van der Waals surface area (Å²) in [5, 5.41) is -0.166. The summed E-state index contributed by atoms with van der Waals surface area (Å²) in [5.41, 5.74) is 12.5. The third kappa shape index (κ3) is 12.3. The standard InChI is InChI=1S/C12H17N3O2S2.C6H7NS2.Na.H2O/c1-14(2)11(16)18-9-5-8(13)6-10(7-9)19-12(17)15(3)4;7-4-1-5(8)3-6(9)2-4;;/h5-7H,13H2,1-4H3;1-3,8-9H,7H2;;1H2/q;;+1;/p-1. The second kappa shape index (κ2) is 15.2. The summed E-state index contributed by atoms with van der Waals surface area (Å²) in [6.07, 6.45) is 0. The van der Waals surface area contributed by atoms with Crippen LogP contribution in [0.2, 0.25) is 0 Å². The van der Waals surface area contributed by atoms with Gasteiger partial charge in [-0.15, -0.1) is 25.3 Å². The molecule has 0 aliphatic carbocycles. The fourth-order valence-corrected chi connectivity index (χ4v) is 4.00. The number of hydrogen-bond donors (Lipinski definition) is 4. The van der Waals surface area contributed by atoms with E-state index in [1.165, 1.54) is 9.80 Å². The van der Waals surface area contributed by atoms with Gasteiger partial charge in [-0.1, -0.05) is 0 Å². The number of nitrogens with two attached hydrogens (primary N) is 2. The van der Waals surface area contributed by atoms with Gasteiger partial charge in [0, 0.05) is 59.1 Å². The third-order valence-corrected chi connectivity index (χ3v) is 5.51. The fourth-order valence-electron chi connectivity index (χ4n) is 1.71. The molecule has 0 saturated carbocycles. The van der Waals surface area contributed by atoms with Crippen LogP contribution in [0.4, 0.5) is 21.0 Å². The van der Waals surface area contributed by atoms with Crippen molar-refractivity contribution >= 4 is 70.6 Å². The van der Waals surface area contributed by atoms with E-state index in [4.69, 9.17) is 11.5 Å². The average molecular weight is 497 g/mol. The molecule has 0 heterocycles. The molecule has 7 nitrogen and oxygen atoms in total. The molecule has 0 saturated heterocycles. The van der Waals surface area contributed by atoms with Crippen molar-refractivity contribution in [2.45, 2.75) is 19.6 Å². The number of rotatable bonds is 2. The number of nitrogen functional groups attached to an aromatic ring is 2. The van der Waals surface area contributed by atoms with Crippen LogP contribution in [-0.2, 0) is 0 Å². The molecule has 2 aromatic rings. The minimum absolute atomic E-state index is 0. The number of hydrogen-bond acceptors (Lipinski definition) is 9. The Morgan fingerprint density at radius 2 is 1.07 bits per heavy atom. The van der Waals surface area contributed by atoms with E-state index in [2.05, 4.69) is 25.3 Å². The van der Waals surface area contributed by atoms with Crippen LogP contribution >= 0.6 is 48.8 Å². The van der Waals surface area contributed by atoms with Gasteiger partial charge < -0.3 is 26.7 Å². The van der Waals surface area contributed by atoms with Gasteiger partial charge in [0.25, 0.3) is 10.5 Å². The Morgan fingerprint density at radius 1 is 0.733 bits per heavy atom. The molecule has 0 unspecified atom stereocenters. The fraction of sp³-hybridized carbons (Fsp3) is 0.222. The predicted molar refractivity (Wildman–Crippen MR) is 128 cm³/mol. The van der Waals surface area contributed by atoms with Crippen LogP contribution in [0, 0.1) is 0 Å². The van der Waals surface area contributed by atoms with Crippen molar-refractivity contribution in [1.29, 1.82) is 0 Å². The molecular formula is C18H25N4NaO3S4. The Balaban J connectivity index is 0. The molecule has 0 aromatic heterocycles. The van der Waals surface area contributed by atoms with E-state index >= 15 is 0 Å². The molecular weight excluding hydrogens is 471 g/mol. The zero-order valence-electron chi connectivity index (χ0n) is 17.5. The first-order valence-corrected chi connectivity index (χ1v) is 10.5. The molecule has 0 fully saturated rings. The van der Waals surface area contributed by atoms with Gasteiger partial charge in [0.05, 0.1) is 0 Å². The quantitative estimate of drug-likeness (QED) is 0.215. The van der Waals surface area contributed by atoms with E-state index in [9.17, 15) is 9.59 Å². The molecule has 2 aromatic carbocycles. The molecule has 0 spiro atoms. The van der Waals surface area contributed by atoms with Gasteiger partial charge in [0.15, 0.2) is 0 Å². The van der Waals surface area contributed by atoms with Crippen LogP contribution < -0.4 is 41.0 Å². The molecule has 12 heteroatoms. The number of carbonyl (C=O) groups is 2. The Kier molecular flexibility index (Phi) is 16.0. The zero-order valence-corrected chi connectivity index (χ0v) is 22.9. The SMILES string of the molecule is CN(C)C(=O)Sc1cc(N)cc(SC(=O)N(C)C)c1.Nc1cc(S)cc(S)c1.[Na+].[OH-]. The first kappa shape index (κ1) is 31.5. The number of benzene rings is 2. The summed E-state index contributed by atoms with van der Waals surface area (Å²) in [6, 6.07) is 10.6. The number of anilines is 2. The Morgan fingerprint density at radius 3 is 1.37 bits per heavy atom. The van der Waals surface area contributed by atoms with Gasteiger partial charge in [-0.2, -0.15) is 0 Å². The van der Waals surface area contributed by atoms with Crippen LogP contribution in [0.1, 0.15) is 0 Å². The molecule has 0 aliphatic heterocycles. The average Bonchev–Trinajstić information content (AvgIpc) is 2.53. The molecule has 5 N–H and O–H groups in total. The zero-order chi connectivity index (χ0) is 21.4. The van der Waals surface area contributed by atoms with Crippen LogP contribution in [0.5, 0.6) is 0 Å². The summed E-state index contributed by atoms with van der Waals surface area (Å²) in [7, 11) is 6.75. The van der Waals surface area contributed by atoms with E-state index in [0.29, 0.717) is 11.4 Å². The largest absolute Gasteiger partial charge is 1.00 e. The Labute approximate surface area is 219 Å². The van der Waals surface area contributed by atoms with E-state index in [-0.39, 0.29) is 45.5 Å². The second-order valence-corrected chi connectivity index (χ2v) is 9.13. The number of thiol groups is 2. The van der Waals surface area contributed by atoms with Gasteiger partial charge >= 0.3 is 29.6 Å². The number of nitrogens with zero attached hydrogens (tertiary/aromatic N) is 2. The van der Waals surface area contributed by atoms with Crippen LogP contribution in [0.15, 0.2) is 56.0 Å². The van der Waals surface area contributed by atoms with Crippen LogP contribution in [-0.4, -0.2) is 53.9 Å². The van der Waals surface area contributed by atoms with Crippen molar-refractivity contribution in [1.82, 2.24) is 9.80 Å². The predicted octanol–water partition coefficient (Wildman–Crippen LogP) is 1.49. The summed E-state index contributed by atoms with van der Waals surface area (Å²) < 4.78 is 0. The van der Waals surface area contributed by atoms with Crippen molar-refractivity contribution in [3.8, 4) is 0 Å². The summed E-state index contributed by atoms with van der Waals surface area (Å²) >= 11 is 10.4. The maximum atomic E-state index is 11.6. The minimum Gasteiger partial charge on any atom is -0.870 e. The summed E-state index contributed by atoms with van der Waals surface area (Å²) in [5.74, 6) is 0. The maximum Gasteiger partial charge on any atom is 1.00 e. The first-order chi connectivity index (χ1) is 13.0. The van der Waals surface area contributed by atoms with Crippen molar-refractivity contribution in [2.24, 2.45) is 0 Å². The van der Waals surface area contributed by atoms with Crippen molar-refractivity contribution in [3.63, 3.8) is 0 Å². The van der Waals surface area contributed by atoms with Crippen molar-refractivity contribution in [2.75, 3.05) is 39.7 Å². The molecule has 0 atom stereocenters. The number of thioether (sulfide) groups is 2. The van der Waals surface area contributed by atoms with Crippen LogP contribution in [0.25, 0.3) is 0 Å². The van der Waals surface area contributed by atoms with Crippen LogP contribution in [0.3, 0.4) is 0 Å². The van der Waals surface area contributed by atoms with E-state index in [0.717, 1.165) is 43.1 Å². The normalized spacial score (nSPS) is 9.27. The molecule has 2 amide bonds. The smallest absolute Gasteiger partial charge is 0.870 e. The van der Waals surface area contributed by atoms with E-state index in [1.54, 1.807) is 58.5 Å². The molecule has 0 radical (unpaired) electrons. The molecule has 160 valence electrons. The van der Waals surface area contributed by atoms with Gasteiger partial charge in [0.2, 0.25) is 0 Å². The van der Waals surface area contributed by atoms with E-state index in [1.807, 2.05) is 6.07 Å². The topological polar surface area (TPSA) is 123 Å². The summed E-state index contributed by atoms with van der Waals surface area (Å²) in [4.78, 5) is 29.4. The molecule has 0 aliphatic rings. The first-order valence-electron chi connectivity index (χ1n) is 7.95. The van der Waals surface area contributed by atoms with Crippen molar-refractivity contribution < 1.29 is 44.6 Å². The Hall–Kier alpha value is -0.660. The number of carbonyl (C=O) groups excluding carboxylic acids is 2. The monoisotopic (exact) mass is 496 g/mol. The summed E-state index contributed by atoms with van der Waals surface area (Å²) in [6.45, 7) is 0. The molecule has 0 bridgehead atoms. The van der Waals surface area contributed by atoms with Crippen molar-refractivity contribution in [3.05, 3.63) is 36.4 Å². The molecule has 30 heavy (non-hydrogen) atoms. The maximum absolute atomic E-state index is 11.6. The second-order valence-electron chi connectivity index (χ2n) is 6.05. The molecule has 2 rings (SSSR count). The van der Waals surface area contributed by atoms with Gasteiger partial charge in [0.1, 0.15) is 0 Å². The number of amides is 2. The van der Waals surface area contributed by atoms with E-state index < -0.39 is 0 Å². The van der Waals surface area contributed by atoms with Gasteiger partial charge in [-0.25, -0.2) is 0 Å². The van der Waals surface area contributed by atoms with Gasteiger partial charge in [-0.3, -0.25) is 9.59 Å². The Bertz CT molecular complexity index is 763. The minimum atomic E-state index is -0.0829. The van der Waals surface area contributed by atoms with Gasteiger partial charge in [-0.05, 0) is 59.9 Å². The third-order valence-electron chi connectivity index (χ3n) is 2.97.